The first-order valence-electron chi connectivity index (χ1n) is 10.5. The fourth-order valence-electron chi connectivity index (χ4n) is 3.26. The summed E-state index contributed by atoms with van der Waals surface area (Å²) in [6.07, 6.45) is 1.46. The number of carbonyl (C=O) groups is 1. The summed E-state index contributed by atoms with van der Waals surface area (Å²) in [5, 5.41) is 23.2. The fourth-order valence-corrected chi connectivity index (χ4v) is 3.69. The molecule has 0 aliphatic heterocycles. The molecule has 0 spiro atoms. The highest BCUT2D eigenvalue weighted by atomic mass is 79.9. The predicted molar refractivity (Wildman–Crippen MR) is 136 cm³/mol. The molecule has 178 valence electrons. The van der Waals surface area contributed by atoms with Crippen molar-refractivity contribution in [3.63, 3.8) is 0 Å². The van der Waals surface area contributed by atoms with E-state index in [1.165, 1.54) is 25.3 Å². The summed E-state index contributed by atoms with van der Waals surface area (Å²) >= 11 is 3.46. The van der Waals surface area contributed by atoms with Gasteiger partial charge in [0.25, 0.3) is 11.6 Å². The van der Waals surface area contributed by atoms with Crippen LogP contribution in [0.3, 0.4) is 0 Å². The third-order valence-corrected chi connectivity index (χ3v) is 5.81. The minimum atomic E-state index is -0.524. The van der Waals surface area contributed by atoms with Crippen LogP contribution in [0.2, 0.25) is 0 Å². The third-order valence-electron chi connectivity index (χ3n) is 5.12. The van der Waals surface area contributed by atoms with Crippen molar-refractivity contribution in [1.82, 2.24) is 0 Å². The van der Waals surface area contributed by atoms with E-state index < -0.39 is 10.8 Å². The van der Waals surface area contributed by atoms with Gasteiger partial charge in [-0.05, 0) is 66.9 Å². The number of hydrogen-bond donors (Lipinski definition) is 1. The number of nitro benzene ring substituents is 1. The van der Waals surface area contributed by atoms with Gasteiger partial charge in [-0.3, -0.25) is 14.9 Å². The summed E-state index contributed by atoms with van der Waals surface area (Å²) in [7, 11) is 1.48. The average molecular weight is 536 g/mol. The van der Waals surface area contributed by atoms with Gasteiger partial charge in [-0.1, -0.05) is 33.6 Å². The summed E-state index contributed by atoms with van der Waals surface area (Å²) in [4.78, 5) is 23.1. The van der Waals surface area contributed by atoms with Crippen LogP contribution in [0.1, 0.15) is 22.3 Å². The molecule has 0 radical (unpaired) electrons. The molecule has 0 atom stereocenters. The van der Waals surface area contributed by atoms with Crippen molar-refractivity contribution in [3.05, 3.63) is 97.0 Å². The molecule has 8 nitrogen and oxygen atoms in total. The van der Waals surface area contributed by atoms with Gasteiger partial charge in [0.2, 0.25) is 0 Å². The van der Waals surface area contributed by atoms with Gasteiger partial charge in [-0.2, -0.15) is 5.26 Å². The number of nitriles is 1. The van der Waals surface area contributed by atoms with Crippen LogP contribution in [-0.4, -0.2) is 17.9 Å². The molecule has 0 aromatic heterocycles. The number of anilines is 1. The number of nitro groups is 1. The Bertz CT molecular complexity index is 1340. The Hall–Kier alpha value is -4.16. The van der Waals surface area contributed by atoms with Gasteiger partial charge in [0.1, 0.15) is 18.2 Å². The Labute approximate surface area is 211 Å². The molecule has 3 aromatic rings. The molecule has 1 amide bonds. The van der Waals surface area contributed by atoms with E-state index in [0.29, 0.717) is 27.2 Å². The van der Waals surface area contributed by atoms with Crippen LogP contribution in [0, 0.1) is 35.3 Å². The van der Waals surface area contributed by atoms with Gasteiger partial charge in [0, 0.05) is 22.3 Å². The number of aryl methyl sites for hydroxylation is 2. The van der Waals surface area contributed by atoms with E-state index in [0.717, 1.165) is 16.7 Å². The van der Waals surface area contributed by atoms with Crippen LogP contribution in [0.15, 0.2) is 64.6 Å². The molecule has 9 heteroatoms. The molecule has 35 heavy (non-hydrogen) atoms. The first kappa shape index (κ1) is 25.5. The average Bonchev–Trinajstić information content (AvgIpc) is 2.83. The summed E-state index contributed by atoms with van der Waals surface area (Å²) < 4.78 is 11.9. The van der Waals surface area contributed by atoms with Gasteiger partial charge in [-0.15, -0.1) is 0 Å². The lowest BCUT2D eigenvalue weighted by atomic mass is 10.1. The van der Waals surface area contributed by atoms with Crippen LogP contribution < -0.4 is 14.8 Å². The third kappa shape index (κ3) is 6.46. The van der Waals surface area contributed by atoms with Crippen LogP contribution in [0.4, 0.5) is 11.4 Å². The first-order chi connectivity index (χ1) is 16.7. The van der Waals surface area contributed by atoms with Crippen molar-refractivity contribution >= 4 is 39.3 Å². The van der Waals surface area contributed by atoms with Crippen molar-refractivity contribution < 1.29 is 19.2 Å². The Morgan fingerprint density at radius 1 is 1.14 bits per heavy atom. The molecule has 0 bridgehead atoms. The lowest BCUT2D eigenvalue weighted by Gasteiger charge is -2.13. The van der Waals surface area contributed by atoms with Crippen molar-refractivity contribution in [2.45, 2.75) is 20.5 Å². The van der Waals surface area contributed by atoms with Gasteiger partial charge < -0.3 is 14.8 Å². The fraction of sp³-hybridized carbons (Fsp3) is 0.154. The van der Waals surface area contributed by atoms with Crippen molar-refractivity contribution in [2.24, 2.45) is 0 Å². The lowest BCUT2D eigenvalue weighted by molar-refractivity contribution is -0.384. The molecular formula is C26H22BrN3O5. The number of rotatable bonds is 8. The predicted octanol–water partition coefficient (Wildman–Crippen LogP) is 6.11. The minimum Gasteiger partial charge on any atom is -0.493 e. The van der Waals surface area contributed by atoms with Gasteiger partial charge >= 0.3 is 0 Å². The maximum atomic E-state index is 12.7. The van der Waals surface area contributed by atoms with Crippen LogP contribution in [-0.2, 0) is 11.4 Å². The summed E-state index contributed by atoms with van der Waals surface area (Å²) in [6, 6.07) is 17.0. The Kier molecular flexibility index (Phi) is 8.23. The molecule has 3 aromatic carbocycles. The van der Waals surface area contributed by atoms with E-state index >= 15 is 0 Å². The zero-order valence-electron chi connectivity index (χ0n) is 19.3. The molecule has 0 fully saturated rings. The number of halogens is 1. The molecule has 0 aliphatic carbocycles. The Morgan fingerprint density at radius 2 is 1.86 bits per heavy atom. The number of hydrogen-bond acceptors (Lipinski definition) is 6. The molecule has 3 rings (SSSR count). The topological polar surface area (TPSA) is 114 Å². The number of carbonyl (C=O) groups excluding carboxylic acids is 1. The zero-order valence-corrected chi connectivity index (χ0v) is 20.9. The number of ether oxygens (including phenoxy) is 2. The molecule has 0 saturated carbocycles. The number of nitrogens with one attached hydrogen (secondary N) is 1. The molecule has 0 saturated heterocycles. The van der Waals surface area contributed by atoms with Crippen LogP contribution >= 0.6 is 15.9 Å². The SMILES string of the molecule is COc1cc(/C=C(\C#N)C(=O)Nc2ccc(C)cc2C)c(Br)cc1OCc1ccc([N+](=O)[O-])cc1. The maximum Gasteiger partial charge on any atom is 0.269 e. The first-order valence-corrected chi connectivity index (χ1v) is 11.2. The molecule has 0 unspecified atom stereocenters. The van der Waals surface area contributed by atoms with Crippen molar-refractivity contribution in [3.8, 4) is 17.6 Å². The van der Waals surface area contributed by atoms with E-state index in [9.17, 15) is 20.2 Å². The van der Waals surface area contributed by atoms with Gasteiger partial charge in [0.05, 0.1) is 12.0 Å². The molecule has 0 heterocycles. The lowest BCUT2D eigenvalue weighted by Crippen LogP contribution is -2.14. The molecule has 1 N–H and O–H groups in total. The number of benzene rings is 3. The highest BCUT2D eigenvalue weighted by molar-refractivity contribution is 9.10. The Morgan fingerprint density at radius 3 is 2.46 bits per heavy atom. The van der Waals surface area contributed by atoms with Crippen LogP contribution in [0.5, 0.6) is 11.5 Å². The van der Waals surface area contributed by atoms with Crippen molar-refractivity contribution in [1.29, 1.82) is 5.26 Å². The van der Waals surface area contributed by atoms with E-state index in [1.54, 1.807) is 30.3 Å². The quantitative estimate of drug-likeness (QED) is 0.161. The Balaban J connectivity index is 1.80. The maximum absolute atomic E-state index is 12.7. The largest absolute Gasteiger partial charge is 0.493 e. The monoisotopic (exact) mass is 535 g/mol. The second-order valence-electron chi connectivity index (χ2n) is 7.68. The molecule has 0 aliphatic rings. The highest BCUT2D eigenvalue weighted by Crippen LogP contribution is 2.35. The minimum absolute atomic E-state index is 0.0000813. The smallest absolute Gasteiger partial charge is 0.269 e. The van der Waals surface area contributed by atoms with E-state index in [2.05, 4.69) is 21.2 Å². The molecular weight excluding hydrogens is 514 g/mol. The van der Waals surface area contributed by atoms with Crippen molar-refractivity contribution in [2.75, 3.05) is 12.4 Å². The normalized spacial score (nSPS) is 10.9. The summed E-state index contributed by atoms with van der Waals surface area (Å²) in [5.74, 6) is 0.297. The number of amides is 1. The van der Waals surface area contributed by atoms with E-state index in [-0.39, 0.29) is 17.9 Å². The summed E-state index contributed by atoms with van der Waals surface area (Å²) in [5.41, 5.74) is 3.82. The number of nitrogens with zero attached hydrogens (tertiary/aromatic N) is 2. The number of methoxy groups -OCH3 is 1. The van der Waals surface area contributed by atoms with E-state index in [1.807, 2.05) is 32.0 Å². The summed E-state index contributed by atoms with van der Waals surface area (Å²) in [6.45, 7) is 4.01. The number of non-ortho nitro benzene ring substituents is 1. The standard InChI is InChI=1S/C26H22BrN3O5/c1-16-4-9-23(17(2)10-16)29-26(31)20(14-28)11-19-12-24(34-3)25(13-22(19)27)35-15-18-5-7-21(8-6-18)30(32)33/h4-13H,15H2,1-3H3,(H,29,31)/b20-11+. The van der Waals surface area contributed by atoms with Gasteiger partial charge in [0.15, 0.2) is 11.5 Å². The second kappa shape index (κ2) is 11.3. The van der Waals surface area contributed by atoms with Gasteiger partial charge in [-0.25, -0.2) is 0 Å². The highest BCUT2D eigenvalue weighted by Gasteiger charge is 2.15. The van der Waals surface area contributed by atoms with E-state index in [4.69, 9.17) is 9.47 Å². The zero-order chi connectivity index (χ0) is 25.5. The van der Waals surface area contributed by atoms with Crippen LogP contribution in [0.25, 0.3) is 6.08 Å². The second-order valence-corrected chi connectivity index (χ2v) is 8.53.